The Morgan fingerprint density at radius 1 is 1.20 bits per heavy atom. The highest BCUT2D eigenvalue weighted by molar-refractivity contribution is 6.00. The Balaban J connectivity index is 0.00000298. The summed E-state index contributed by atoms with van der Waals surface area (Å²) < 4.78 is 18.6. The number of carbonyl (C=O) groups excluding carboxylic acids is 1. The quantitative estimate of drug-likeness (QED) is 0.158. The predicted octanol–water partition coefficient (Wildman–Crippen LogP) is 6.57. The summed E-state index contributed by atoms with van der Waals surface area (Å²) in [5.41, 5.74) is 3.86. The van der Waals surface area contributed by atoms with E-state index >= 15 is 0 Å². The average Bonchev–Trinajstić information content (AvgIpc) is 3.55. The summed E-state index contributed by atoms with van der Waals surface area (Å²) in [7, 11) is 1.65. The largest absolute Gasteiger partial charge is 0.385 e. The maximum absolute atomic E-state index is 14.0. The molecule has 0 aliphatic heterocycles. The first-order chi connectivity index (χ1) is 16.6. The standard InChI is InChI=1S/C27H38FN3O2.C2H6/c1-8-29-25(30-27(6)14-15-27)23(19(2)3)24(20(4)5)26(32)31(16-9-17-33-7)18-21-10-12-22(28)13-11-21;1-2/h8,10-13,30H,2,9,14-18H2,1,3-7H3;1-2H3/b25-23-,29-8-;. The summed E-state index contributed by atoms with van der Waals surface area (Å²) in [6.07, 6.45) is 4.55. The highest BCUT2D eigenvalue weighted by Gasteiger charge is 2.39. The molecular weight excluding hydrogens is 441 g/mol. The van der Waals surface area contributed by atoms with Crippen LogP contribution in [-0.4, -0.2) is 42.8 Å². The Kier molecular flexibility index (Phi) is 12.7. The fraction of sp³-hybridized carbons (Fsp3) is 0.517. The van der Waals surface area contributed by atoms with Crippen LogP contribution in [-0.2, 0) is 16.1 Å². The number of hydrogen-bond acceptors (Lipinski definition) is 4. The molecule has 1 fully saturated rings. The van der Waals surface area contributed by atoms with E-state index in [0.717, 1.165) is 35.1 Å². The van der Waals surface area contributed by atoms with Crippen LogP contribution in [0.3, 0.4) is 0 Å². The molecule has 0 bridgehead atoms. The molecule has 1 N–H and O–H groups in total. The number of nitrogens with one attached hydrogen (secondary N) is 1. The molecule has 0 aromatic heterocycles. The molecule has 1 amide bonds. The lowest BCUT2D eigenvalue weighted by atomic mass is 9.94. The summed E-state index contributed by atoms with van der Waals surface area (Å²) in [6, 6.07) is 6.27. The highest BCUT2D eigenvalue weighted by Crippen LogP contribution is 2.37. The van der Waals surface area contributed by atoms with E-state index in [1.807, 2.05) is 41.5 Å². The SMILES string of the molecule is C=C(C)/C(C(C(=O)N(CCCOC)Cc1ccc(F)cc1)=C(C)C)=C(\N=C/C)NC1(C)CC1.CC. The van der Waals surface area contributed by atoms with Crippen molar-refractivity contribution in [3.8, 4) is 0 Å². The van der Waals surface area contributed by atoms with Crippen LogP contribution in [0.2, 0.25) is 0 Å². The lowest BCUT2D eigenvalue weighted by Gasteiger charge is -2.27. The number of carbonyl (C=O) groups is 1. The molecule has 5 nitrogen and oxygen atoms in total. The molecule has 6 heteroatoms. The second kappa shape index (κ2) is 14.6. The number of nitrogens with zero attached hydrogens (tertiary/aromatic N) is 2. The molecular formula is C29H44FN3O2. The van der Waals surface area contributed by atoms with E-state index in [4.69, 9.17) is 4.74 Å². The van der Waals surface area contributed by atoms with Crippen LogP contribution in [0, 0.1) is 5.82 Å². The van der Waals surface area contributed by atoms with Gasteiger partial charge < -0.3 is 15.0 Å². The maximum Gasteiger partial charge on any atom is 0.254 e. The third-order valence-corrected chi connectivity index (χ3v) is 5.66. The lowest BCUT2D eigenvalue weighted by Crippen LogP contribution is -2.35. The minimum absolute atomic E-state index is 0.00931. The van der Waals surface area contributed by atoms with Gasteiger partial charge in [0, 0.05) is 49.7 Å². The van der Waals surface area contributed by atoms with Crippen molar-refractivity contribution in [2.24, 2.45) is 4.99 Å². The number of aliphatic imine (C=N–C) groups is 1. The molecule has 1 aromatic rings. The number of hydrogen-bond donors (Lipinski definition) is 1. The van der Waals surface area contributed by atoms with Gasteiger partial charge >= 0.3 is 0 Å². The Hall–Kier alpha value is -2.73. The topological polar surface area (TPSA) is 53.9 Å². The van der Waals surface area contributed by atoms with Crippen molar-refractivity contribution in [2.75, 3.05) is 20.3 Å². The van der Waals surface area contributed by atoms with Gasteiger partial charge in [-0.3, -0.25) is 4.79 Å². The maximum atomic E-state index is 14.0. The van der Waals surface area contributed by atoms with Crippen molar-refractivity contribution in [3.63, 3.8) is 0 Å². The fourth-order valence-electron chi connectivity index (χ4n) is 3.61. The second-order valence-electron chi connectivity index (χ2n) is 9.15. The number of rotatable bonds is 12. The van der Waals surface area contributed by atoms with E-state index in [1.54, 1.807) is 30.4 Å². The first kappa shape index (κ1) is 30.3. The second-order valence-corrected chi connectivity index (χ2v) is 9.15. The molecule has 0 heterocycles. The van der Waals surface area contributed by atoms with Crippen LogP contribution in [0.25, 0.3) is 0 Å². The van der Waals surface area contributed by atoms with Gasteiger partial charge in [0.2, 0.25) is 0 Å². The van der Waals surface area contributed by atoms with Crippen LogP contribution < -0.4 is 5.32 Å². The first-order valence-electron chi connectivity index (χ1n) is 12.5. The number of amides is 1. The number of halogens is 1. The van der Waals surface area contributed by atoms with E-state index in [1.165, 1.54) is 12.1 Å². The zero-order valence-electron chi connectivity index (χ0n) is 22.9. The molecule has 0 radical (unpaired) electrons. The van der Waals surface area contributed by atoms with Gasteiger partial charge in [0.05, 0.1) is 0 Å². The Bertz CT molecular complexity index is 937. The lowest BCUT2D eigenvalue weighted by molar-refractivity contribution is -0.127. The van der Waals surface area contributed by atoms with E-state index in [2.05, 4.69) is 23.8 Å². The molecule has 0 spiro atoms. The molecule has 1 aliphatic carbocycles. The average molecular weight is 486 g/mol. The van der Waals surface area contributed by atoms with Crippen molar-refractivity contribution >= 4 is 12.1 Å². The third-order valence-electron chi connectivity index (χ3n) is 5.66. The minimum Gasteiger partial charge on any atom is -0.385 e. The number of methoxy groups -OCH3 is 1. The molecule has 35 heavy (non-hydrogen) atoms. The Morgan fingerprint density at radius 3 is 2.26 bits per heavy atom. The van der Waals surface area contributed by atoms with Crippen molar-refractivity contribution in [2.45, 2.75) is 79.8 Å². The van der Waals surface area contributed by atoms with E-state index in [-0.39, 0.29) is 17.3 Å². The summed E-state index contributed by atoms with van der Waals surface area (Å²) in [4.78, 5) is 20.4. The van der Waals surface area contributed by atoms with Gasteiger partial charge in [-0.15, -0.1) is 0 Å². The number of ether oxygens (including phenoxy) is 1. The van der Waals surface area contributed by atoms with Gasteiger partial charge in [-0.05, 0) is 77.2 Å². The van der Waals surface area contributed by atoms with Crippen molar-refractivity contribution in [3.05, 3.63) is 70.3 Å². The van der Waals surface area contributed by atoms with Gasteiger partial charge in [-0.25, -0.2) is 9.38 Å². The number of allylic oxidation sites excluding steroid dienone is 2. The van der Waals surface area contributed by atoms with E-state index < -0.39 is 0 Å². The van der Waals surface area contributed by atoms with Gasteiger partial charge in [-0.1, -0.05) is 38.1 Å². The first-order valence-corrected chi connectivity index (χ1v) is 12.5. The zero-order chi connectivity index (χ0) is 26.6. The summed E-state index contributed by atoms with van der Waals surface area (Å²) >= 11 is 0. The highest BCUT2D eigenvalue weighted by atomic mass is 19.1. The van der Waals surface area contributed by atoms with Gasteiger partial charge in [-0.2, -0.15) is 0 Å². The molecule has 0 saturated heterocycles. The van der Waals surface area contributed by atoms with Gasteiger partial charge in [0.1, 0.15) is 11.6 Å². The molecule has 1 aliphatic rings. The van der Waals surface area contributed by atoms with Crippen LogP contribution in [0.15, 0.2) is 64.0 Å². The van der Waals surface area contributed by atoms with Gasteiger partial charge in [0.25, 0.3) is 5.91 Å². The van der Waals surface area contributed by atoms with E-state index in [0.29, 0.717) is 37.5 Å². The summed E-state index contributed by atoms with van der Waals surface area (Å²) in [5.74, 6) is 0.281. The van der Waals surface area contributed by atoms with Gasteiger partial charge in [0.15, 0.2) is 0 Å². The molecule has 2 rings (SSSR count). The molecule has 194 valence electrons. The molecule has 1 aromatic carbocycles. The Labute approximate surface area is 211 Å². The smallest absolute Gasteiger partial charge is 0.254 e. The summed E-state index contributed by atoms with van der Waals surface area (Å²) in [6.45, 7) is 19.4. The van der Waals surface area contributed by atoms with Crippen LogP contribution in [0.1, 0.15) is 73.3 Å². The zero-order valence-corrected chi connectivity index (χ0v) is 22.9. The fourth-order valence-corrected chi connectivity index (χ4v) is 3.61. The van der Waals surface area contributed by atoms with E-state index in [9.17, 15) is 9.18 Å². The number of benzene rings is 1. The monoisotopic (exact) mass is 485 g/mol. The predicted molar refractivity (Wildman–Crippen MR) is 145 cm³/mol. The van der Waals surface area contributed by atoms with Crippen LogP contribution >= 0.6 is 0 Å². The Morgan fingerprint density at radius 2 is 1.80 bits per heavy atom. The third kappa shape index (κ3) is 9.44. The van der Waals surface area contributed by atoms with Crippen molar-refractivity contribution in [1.29, 1.82) is 0 Å². The van der Waals surface area contributed by atoms with Crippen molar-refractivity contribution in [1.82, 2.24) is 10.2 Å². The van der Waals surface area contributed by atoms with Crippen molar-refractivity contribution < 1.29 is 13.9 Å². The molecule has 1 saturated carbocycles. The van der Waals surface area contributed by atoms with Crippen LogP contribution in [0.5, 0.6) is 0 Å². The normalized spacial score (nSPS) is 14.4. The van der Waals surface area contributed by atoms with Crippen LogP contribution in [0.4, 0.5) is 4.39 Å². The minimum atomic E-state index is -0.296. The molecule has 0 unspecified atom stereocenters. The summed E-state index contributed by atoms with van der Waals surface area (Å²) in [5, 5.41) is 3.54. The molecule has 0 atom stereocenters.